The Bertz CT molecular complexity index is 1210. The fraction of sp³-hybridized carbons (Fsp3) is 1.00. The highest BCUT2D eigenvalue weighted by molar-refractivity contribution is 7.53. The topological polar surface area (TPSA) is 126 Å². The molecule has 0 bridgehead atoms. The highest BCUT2D eigenvalue weighted by Gasteiger charge is 2.72. The minimum atomic E-state index is -4.64. The number of aliphatic hydroxyl groups is 2. The molecule has 7 unspecified atom stereocenters. The Morgan fingerprint density at radius 3 is 1.98 bits per heavy atom. The van der Waals surface area contributed by atoms with Crippen LogP contribution < -0.4 is 0 Å². The van der Waals surface area contributed by atoms with Crippen molar-refractivity contribution in [2.45, 2.75) is 244 Å². The first kappa shape index (κ1) is 46.0. The van der Waals surface area contributed by atoms with Crippen LogP contribution in [0.2, 0.25) is 0 Å². The summed E-state index contributed by atoms with van der Waals surface area (Å²) in [6, 6.07) is 0. The number of aliphatic hydroxyl groups excluding tert-OH is 2. The monoisotopic (exact) mass is 797 g/mol. The molecule has 13 atom stereocenters. The van der Waals surface area contributed by atoms with Crippen molar-refractivity contribution in [1.82, 2.24) is 0 Å². The van der Waals surface area contributed by atoms with Gasteiger partial charge in [0.05, 0.1) is 24.0 Å². The molecular formula is C46H85O8P. The summed E-state index contributed by atoms with van der Waals surface area (Å²) in [5.74, 6) is 1.58. The summed E-state index contributed by atoms with van der Waals surface area (Å²) >= 11 is 0. The maximum atomic E-state index is 14.2. The van der Waals surface area contributed by atoms with Gasteiger partial charge in [-0.15, -0.1) is 0 Å². The number of hydrogen-bond acceptors (Lipinski definition) is 6. The summed E-state index contributed by atoms with van der Waals surface area (Å²) in [7, 11) is -4.64. The lowest BCUT2D eigenvalue weighted by Gasteiger charge is -2.67. The summed E-state index contributed by atoms with van der Waals surface area (Å²) in [4.78, 5) is 23.2. The van der Waals surface area contributed by atoms with Crippen LogP contribution in [0.25, 0.3) is 0 Å². The van der Waals surface area contributed by atoms with E-state index < -0.39 is 42.5 Å². The Hall–Kier alpha value is -0.0500. The molecule has 0 aromatic carbocycles. The first-order valence-electron chi connectivity index (χ1n) is 23.5. The smallest absolute Gasteiger partial charge is 0.332 e. The summed E-state index contributed by atoms with van der Waals surface area (Å²) in [5, 5.41) is 19.2. The van der Waals surface area contributed by atoms with Crippen LogP contribution in [0.15, 0.2) is 0 Å². The van der Waals surface area contributed by atoms with Crippen LogP contribution in [0, 0.1) is 40.4 Å². The van der Waals surface area contributed by atoms with Crippen LogP contribution in [0.3, 0.4) is 0 Å². The van der Waals surface area contributed by atoms with E-state index in [1.165, 1.54) is 96.3 Å². The van der Waals surface area contributed by atoms with Crippen LogP contribution in [0.5, 0.6) is 0 Å². The fourth-order valence-electron chi connectivity index (χ4n) is 13.7. The van der Waals surface area contributed by atoms with Crippen LogP contribution in [-0.4, -0.2) is 62.2 Å². The molecule has 55 heavy (non-hydrogen) atoms. The molecule has 1 saturated heterocycles. The Balaban J connectivity index is 1.25. The van der Waals surface area contributed by atoms with E-state index in [-0.39, 0.29) is 31.5 Å². The van der Waals surface area contributed by atoms with Crippen LogP contribution in [0.4, 0.5) is 0 Å². The van der Waals surface area contributed by atoms with Crippen LogP contribution >= 0.6 is 7.60 Å². The van der Waals surface area contributed by atoms with Crippen molar-refractivity contribution < 1.29 is 38.8 Å². The third-order valence-corrected chi connectivity index (χ3v) is 18.7. The van der Waals surface area contributed by atoms with Gasteiger partial charge in [-0.1, -0.05) is 131 Å². The summed E-state index contributed by atoms with van der Waals surface area (Å²) in [6.45, 7) is 13.6. The van der Waals surface area contributed by atoms with Crippen molar-refractivity contribution in [3.63, 3.8) is 0 Å². The second kappa shape index (κ2) is 20.0. The minimum Gasteiger partial charge on any atom is -0.394 e. The zero-order valence-corrected chi connectivity index (χ0v) is 37.1. The maximum Gasteiger partial charge on any atom is 0.332 e. The molecule has 4 saturated carbocycles. The largest absolute Gasteiger partial charge is 0.394 e. The van der Waals surface area contributed by atoms with Gasteiger partial charge in [-0.3, -0.25) is 4.57 Å². The second-order valence-corrected chi connectivity index (χ2v) is 22.1. The molecule has 8 nitrogen and oxygen atoms in total. The Labute approximate surface area is 336 Å². The third kappa shape index (κ3) is 10.1. The number of rotatable bonds is 23. The molecule has 0 aromatic heterocycles. The van der Waals surface area contributed by atoms with Crippen molar-refractivity contribution >= 4 is 7.60 Å². The van der Waals surface area contributed by atoms with E-state index in [0.29, 0.717) is 36.5 Å². The van der Waals surface area contributed by atoms with E-state index in [1.54, 1.807) is 0 Å². The van der Waals surface area contributed by atoms with Gasteiger partial charge in [0, 0.05) is 19.3 Å². The molecule has 0 aromatic rings. The maximum absolute atomic E-state index is 14.2. The molecule has 5 aliphatic rings. The van der Waals surface area contributed by atoms with Gasteiger partial charge in [0.1, 0.15) is 6.10 Å². The molecule has 9 heteroatoms. The molecular weight excluding hydrogens is 711 g/mol. The average molecular weight is 797 g/mol. The van der Waals surface area contributed by atoms with E-state index in [9.17, 15) is 24.6 Å². The van der Waals surface area contributed by atoms with Crippen LogP contribution in [-0.2, 0) is 18.8 Å². The number of fused-ring (bicyclic) bond motifs is 5. The first-order valence-corrected chi connectivity index (χ1v) is 25.2. The third-order valence-electron chi connectivity index (χ3n) is 16.7. The normalized spacial score (nSPS) is 40.1. The first-order chi connectivity index (χ1) is 26.2. The van der Waals surface area contributed by atoms with Crippen molar-refractivity contribution in [2.24, 2.45) is 40.4 Å². The second-order valence-electron chi connectivity index (χ2n) is 20.2. The zero-order chi connectivity index (χ0) is 39.9. The van der Waals surface area contributed by atoms with Gasteiger partial charge >= 0.3 is 7.60 Å². The SMILES string of the molecule is CCCCCCCCCCCCCCCC(C)OC1(OC2C[C@H](O)[C@@H](CO)O2)CC[C@]2(C)C3CC[C@@]4(C)C(CC[C@@H]4[C@H](C)CCC)C3CCC2(P(=O)(O)O)C1. The molecule has 4 aliphatic carbocycles. The molecule has 1 heterocycles. The zero-order valence-electron chi connectivity index (χ0n) is 36.2. The molecule has 322 valence electrons. The Morgan fingerprint density at radius 1 is 0.764 bits per heavy atom. The lowest BCUT2D eigenvalue weighted by Crippen LogP contribution is -2.66. The quantitative estimate of drug-likeness (QED) is 0.0457. The van der Waals surface area contributed by atoms with Gasteiger partial charge in [0.15, 0.2) is 12.1 Å². The van der Waals surface area contributed by atoms with Gasteiger partial charge < -0.3 is 34.2 Å². The van der Waals surface area contributed by atoms with Crippen LogP contribution in [0.1, 0.15) is 208 Å². The molecule has 0 amide bonds. The van der Waals surface area contributed by atoms with Crippen molar-refractivity contribution in [3.8, 4) is 0 Å². The average Bonchev–Trinajstić information content (AvgIpc) is 3.68. The standard InChI is InChI=1S/C46H85O8P/c1-7-9-10-11-12-13-14-15-16-17-18-19-20-22-35(4)53-46(54-42-31-40(48)41(32-47)52-42)30-29-44(6)39-26-27-43(5)37(34(3)21-8-2)23-24-38(43)36(39)25-28-45(44,33-46)55(49,50)51/h34-42,47-48H,7-33H2,1-6H3,(H2,49,50,51)/t34-,35?,36?,37-,38?,39?,40+,41-,42?,43-,44-,45?,46?/m1/s1. The predicted molar refractivity (Wildman–Crippen MR) is 222 cm³/mol. The summed E-state index contributed by atoms with van der Waals surface area (Å²) in [6.07, 6.45) is 25.2. The van der Waals surface area contributed by atoms with Gasteiger partial charge in [-0.2, -0.15) is 0 Å². The van der Waals surface area contributed by atoms with E-state index >= 15 is 0 Å². The lowest BCUT2D eigenvalue weighted by molar-refractivity contribution is -0.343. The van der Waals surface area contributed by atoms with Crippen molar-refractivity contribution in [2.75, 3.05) is 6.61 Å². The number of hydrogen-bond donors (Lipinski definition) is 4. The predicted octanol–water partition coefficient (Wildman–Crippen LogP) is 11.4. The minimum absolute atomic E-state index is 0.130. The Morgan fingerprint density at radius 2 is 1.40 bits per heavy atom. The summed E-state index contributed by atoms with van der Waals surface area (Å²) < 4.78 is 33.9. The van der Waals surface area contributed by atoms with Gasteiger partial charge in [0.2, 0.25) is 0 Å². The van der Waals surface area contributed by atoms with Gasteiger partial charge in [0.25, 0.3) is 0 Å². The highest BCUT2D eigenvalue weighted by atomic mass is 31.2. The number of unbranched alkanes of at least 4 members (excludes halogenated alkanes) is 12. The molecule has 0 radical (unpaired) electrons. The molecule has 4 N–H and O–H groups in total. The van der Waals surface area contributed by atoms with E-state index in [4.69, 9.17) is 14.2 Å². The lowest BCUT2D eigenvalue weighted by atomic mass is 9.43. The highest BCUT2D eigenvalue weighted by Crippen LogP contribution is 2.77. The fourth-order valence-corrected chi connectivity index (χ4v) is 15.5. The number of ether oxygens (including phenoxy) is 3. The van der Waals surface area contributed by atoms with Gasteiger partial charge in [-0.25, -0.2) is 0 Å². The van der Waals surface area contributed by atoms with E-state index in [1.807, 2.05) is 0 Å². The van der Waals surface area contributed by atoms with Crippen molar-refractivity contribution in [3.05, 3.63) is 0 Å². The molecule has 5 fully saturated rings. The van der Waals surface area contributed by atoms with Crippen molar-refractivity contribution in [1.29, 1.82) is 0 Å². The molecule has 0 spiro atoms. The Kier molecular flexibility index (Phi) is 16.7. The molecule has 5 rings (SSSR count). The summed E-state index contributed by atoms with van der Waals surface area (Å²) in [5.41, 5.74) is -0.229. The van der Waals surface area contributed by atoms with Gasteiger partial charge in [-0.05, 0) is 98.7 Å². The van der Waals surface area contributed by atoms with E-state index in [0.717, 1.165) is 50.4 Å². The van der Waals surface area contributed by atoms with E-state index in [2.05, 4.69) is 41.5 Å². The molecule has 1 aliphatic heterocycles.